The van der Waals surface area contributed by atoms with Crippen LogP contribution >= 0.6 is 0 Å². The van der Waals surface area contributed by atoms with E-state index >= 15 is 0 Å². The van der Waals surface area contributed by atoms with E-state index in [-0.39, 0.29) is 6.54 Å². The Hall–Kier alpha value is -3.56. The van der Waals surface area contributed by atoms with Gasteiger partial charge in [0.1, 0.15) is 23.1 Å². The van der Waals surface area contributed by atoms with Crippen LogP contribution in [0.25, 0.3) is 5.82 Å². The Morgan fingerprint density at radius 1 is 1.07 bits per heavy atom. The lowest BCUT2D eigenvalue weighted by molar-refractivity contribution is 0.252. The van der Waals surface area contributed by atoms with Gasteiger partial charge in [0, 0.05) is 19.3 Å². The Bertz CT molecular complexity index is 907. The van der Waals surface area contributed by atoms with Gasteiger partial charge in [-0.15, -0.1) is 10.2 Å². The predicted molar refractivity (Wildman–Crippen MR) is 95.8 cm³/mol. The van der Waals surface area contributed by atoms with E-state index in [2.05, 4.69) is 31.2 Å². The number of aryl methyl sites for hydroxylation is 1. The molecule has 0 aliphatic heterocycles. The number of rotatable bonds is 6. The maximum absolute atomic E-state index is 13.5. The van der Waals surface area contributed by atoms with Gasteiger partial charge in [-0.2, -0.15) is 5.10 Å². The van der Waals surface area contributed by atoms with Gasteiger partial charge in [-0.1, -0.05) is 6.07 Å². The molecule has 140 valence electrons. The van der Waals surface area contributed by atoms with Crippen LogP contribution in [0.3, 0.4) is 0 Å². The lowest BCUT2D eigenvalue weighted by Crippen LogP contribution is -2.33. The molecule has 0 aliphatic rings. The molecule has 10 heteroatoms. The number of hydrogen-bond donors (Lipinski definition) is 3. The van der Waals surface area contributed by atoms with E-state index < -0.39 is 23.4 Å². The van der Waals surface area contributed by atoms with Crippen LogP contribution in [0.4, 0.5) is 25.1 Å². The Kier molecular flexibility index (Phi) is 5.55. The molecule has 2 heterocycles. The second-order valence-corrected chi connectivity index (χ2v) is 5.58. The third kappa shape index (κ3) is 4.75. The average molecular weight is 373 g/mol. The molecule has 0 aliphatic carbocycles. The largest absolute Gasteiger partial charge is 0.367 e. The molecule has 8 nitrogen and oxygen atoms in total. The quantitative estimate of drug-likeness (QED) is 0.577. The molecule has 0 fully saturated rings. The number of hydrogen-bond acceptors (Lipinski definition) is 5. The number of para-hydroxylation sites is 1. The summed E-state index contributed by atoms with van der Waals surface area (Å²) < 4.78 is 28.5. The predicted octanol–water partition coefficient (Wildman–Crippen LogP) is 2.48. The zero-order chi connectivity index (χ0) is 19.2. The summed E-state index contributed by atoms with van der Waals surface area (Å²) in [5.74, 6) is -0.583. The van der Waals surface area contributed by atoms with Crippen molar-refractivity contribution in [2.45, 2.75) is 6.92 Å². The molecule has 0 unspecified atom stereocenters. The number of carbonyl (C=O) groups is 1. The van der Waals surface area contributed by atoms with E-state index in [9.17, 15) is 13.6 Å². The van der Waals surface area contributed by atoms with Gasteiger partial charge in [-0.05, 0) is 37.3 Å². The number of nitrogens with zero attached hydrogens (tertiary/aromatic N) is 4. The molecule has 27 heavy (non-hydrogen) atoms. The lowest BCUT2D eigenvalue weighted by Gasteiger charge is -2.10. The van der Waals surface area contributed by atoms with Gasteiger partial charge >= 0.3 is 6.03 Å². The third-order valence-corrected chi connectivity index (χ3v) is 3.53. The molecule has 3 rings (SSSR count). The fourth-order valence-corrected chi connectivity index (χ4v) is 2.23. The monoisotopic (exact) mass is 373 g/mol. The van der Waals surface area contributed by atoms with Gasteiger partial charge in [0.25, 0.3) is 0 Å². The second-order valence-electron chi connectivity index (χ2n) is 5.58. The molecule has 0 radical (unpaired) electrons. The minimum absolute atomic E-state index is 0.212. The normalized spacial score (nSPS) is 10.5. The number of amides is 2. The van der Waals surface area contributed by atoms with E-state index in [0.717, 1.165) is 17.8 Å². The molecule has 2 amide bonds. The number of carbonyl (C=O) groups excluding carboxylic acids is 1. The van der Waals surface area contributed by atoms with Crippen molar-refractivity contribution in [1.29, 1.82) is 0 Å². The van der Waals surface area contributed by atoms with Crippen molar-refractivity contribution in [3.05, 3.63) is 59.9 Å². The first-order valence-corrected chi connectivity index (χ1v) is 8.12. The van der Waals surface area contributed by atoms with Crippen LogP contribution in [0.1, 0.15) is 5.69 Å². The fraction of sp³-hybridized carbons (Fsp3) is 0.176. The van der Waals surface area contributed by atoms with Gasteiger partial charge in [0.2, 0.25) is 0 Å². The Morgan fingerprint density at radius 2 is 1.85 bits per heavy atom. The maximum Gasteiger partial charge on any atom is 0.319 e. The number of halogens is 2. The summed E-state index contributed by atoms with van der Waals surface area (Å²) >= 11 is 0. The molecule has 0 saturated heterocycles. The van der Waals surface area contributed by atoms with Crippen molar-refractivity contribution in [2.24, 2.45) is 0 Å². The summed E-state index contributed by atoms with van der Waals surface area (Å²) in [6.45, 7) is 2.44. The lowest BCUT2D eigenvalue weighted by atomic mass is 10.3. The molecule has 0 bridgehead atoms. The first-order valence-electron chi connectivity index (χ1n) is 8.12. The number of aromatic nitrogens is 4. The zero-order valence-corrected chi connectivity index (χ0v) is 14.4. The molecule has 1 aromatic carbocycles. The van der Waals surface area contributed by atoms with Crippen molar-refractivity contribution < 1.29 is 13.6 Å². The van der Waals surface area contributed by atoms with Crippen LogP contribution in [-0.4, -0.2) is 39.1 Å². The zero-order valence-electron chi connectivity index (χ0n) is 14.4. The molecule has 3 aromatic rings. The van der Waals surface area contributed by atoms with Crippen molar-refractivity contribution in [3.63, 3.8) is 0 Å². The van der Waals surface area contributed by atoms with Gasteiger partial charge in [-0.3, -0.25) is 0 Å². The Labute approximate surface area is 153 Å². The fourth-order valence-electron chi connectivity index (χ4n) is 2.23. The summed E-state index contributed by atoms with van der Waals surface area (Å²) in [7, 11) is 0. The molecule has 0 saturated carbocycles. The highest BCUT2D eigenvalue weighted by Gasteiger charge is 2.11. The molecule has 0 spiro atoms. The summed E-state index contributed by atoms with van der Waals surface area (Å²) in [4.78, 5) is 11.7. The highest BCUT2D eigenvalue weighted by atomic mass is 19.1. The standard InChI is InChI=1S/C17H17F2N7O/c1-11-7-10-26(25-11)15-6-5-14(23-24-15)20-8-9-21-17(27)22-16-12(18)3-2-4-13(16)19/h2-7,10H,8-9H2,1H3,(H,20,23)(H2,21,22,27). The number of anilines is 2. The second kappa shape index (κ2) is 8.21. The summed E-state index contributed by atoms with van der Waals surface area (Å²) in [6, 6.07) is 7.98. The Balaban J connectivity index is 1.44. The topological polar surface area (TPSA) is 96.8 Å². The number of nitrogens with one attached hydrogen (secondary N) is 3. The van der Waals surface area contributed by atoms with Crippen molar-refractivity contribution in [1.82, 2.24) is 25.3 Å². The van der Waals surface area contributed by atoms with Crippen LogP contribution < -0.4 is 16.0 Å². The van der Waals surface area contributed by atoms with E-state index in [1.807, 2.05) is 13.0 Å². The highest BCUT2D eigenvalue weighted by Crippen LogP contribution is 2.17. The smallest absolute Gasteiger partial charge is 0.319 e. The van der Waals surface area contributed by atoms with Gasteiger partial charge in [0.05, 0.1) is 5.69 Å². The Morgan fingerprint density at radius 3 is 2.48 bits per heavy atom. The van der Waals surface area contributed by atoms with Crippen molar-refractivity contribution in [3.8, 4) is 5.82 Å². The molecular weight excluding hydrogens is 356 g/mol. The minimum atomic E-state index is -0.842. The highest BCUT2D eigenvalue weighted by molar-refractivity contribution is 5.89. The van der Waals surface area contributed by atoms with Gasteiger partial charge < -0.3 is 16.0 Å². The molecule has 2 aromatic heterocycles. The summed E-state index contributed by atoms with van der Waals surface area (Å²) in [6.07, 6.45) is 1.79. The van der Waals surface area contributed by atoms with Gasteiger partial charge in [-0.25, -0.2) is 18.3 Å². The average Bonchev–Trinajstić information content (AvgIpc) is 3.09. The van der Waals surface area contributed by atoms with Gasteiger partial charge in [0.15, 0.2) is 5.82 Å². The number of benzene rings is 1. The van der Waals surface area contributed by atoms with Crippen molar-refractivity contribution in [2.75, 3.05) is 23.7 Å². The summed E-state index contributed by atoms with van der Waals surface area (Å²) in [5, 5.41) is 19.9. The van der Waals surface area contributed by atoms with Crippen molar-refractivity contribution >= 4 is 17.5 Å². The van der Waals surface area contributed by atoms with Crippen LogP contribution in [-0.2, 0) is 0 Å². The summed E-state index contributed by atoms with van der Waals surface area (Å²) in [5.41, 5.74) is 0.386. The van der Waals surface area contributed by atoms with Crippen LogP contribution in [0.5, 0.6) is 0 Å². The molecule has 3 N–H and O–H groups in total. The number of urea groups is 1. The minimum Gasteiger partial charge on any atom is -0.367 e. The van der Waals surface area contributed by atoms with E-state index in [1.165, 1.54) is 6.07 Å². The SMILES string of the molecule is Cc1ccn(-c2ccc(NCCNC(=O)Nc3c(F)cccc3F)nn2)n1. The maximum atomic E-state index is 13.5. The first-order chi connectivity index (χ1) is 13.0. The van der Waals surface area contributed by atoms with E-state index in [0.29, 0.717) is 18.2 Å². The van der Waals surface area contributed by atoms with Crippen LogP contribution in [0.2, 0.25) is 0 Å². The molecule has 0 atom stereocenters. The van der Waals surface area contributed by atoms with E-state index in [1.54, 1.807) is 23.0 Å². The third-order valence-electron chi connectivity index (χ3n) is 3.53. The first kappa shape index (κ1) is 18.2. The van der Waals surface area contributed by atoms with Crippen LogP contribution in [0, 0.1) is 18.6 Å². The van der Waals surface area contributed by atoms with E-state index in [4.69, 9.17) is 0 Å². The van der Waals surface area contributed by atoms with Crippen LogP contribution in [0.15, 0.2) is 42.6 Å². The molecular formula is C17H17F2N7O.